The van der Waals surface area contributed by atoms with Gasteiger partial charge < -0.3 is 15.4 Å². The SMILES string of the molecule is C=CCOc1ccc(NC(=S)NCCSCc2ccc(Cl)c(Cl)c2)cc1. The van der Waals surface area contributed by atoms with E-state index in [0.717, 1.165) is 35.1 Å². The summed E-state index contributed by atoms with van der Waals surface area (Å²) in [7, 11) is 0. The van der Waals surface area contributed by atoms with Crippen molar-refractivity contribution in [3.05, 3.63) is 70.7 Å². The average molecular weight is 427 g/mol. The molecule has 0 aliphatic heterocycles. The quantitative estimate of drug-likeness (QED) is 0.301. The molecule has 0 aromatic heterocycles. The Bertz CT molecular complexity index is 739. The van der Waals surface area contributed by atoms with Gasteiger partial charge >= 0.3 is 0 Å². The van der Waals surface area contributed by atoms with Crippen molar-refractivity contribution in [1.82, 2.24) is 5.32 Å². The summed E-state index contributed by atoms with van der Waals surface area (Å²) >= 11 is 19.0. The minimum absolute atomic E-state index is 0.493. The molecule has 2 rings (SSSR count). The summed E-state index contributed by atoms with van der Waals surface area (Å²) < 4.78 is 5.44. The van der Waals surface area contributed by atoms with Gasteiger partial charge in [0, 0.05) is 23.7 Å². The molecule has 2 aromatic rings. The van der Waals surface area contributed by atoms with Gasteiger partial charge in [0.15, 0.2) is 5.11 Å². The van der Waals surface area contributed by atoms with Gasteiger partial charge in [0.05, 0.1) is 10.0 Å². The fourth-order valence-corrected chi connectivity index (χ4v) is 3.37. The van der Waals surface area contributed by atoms with Crippen LogP contribution in [0, 0.1) is 0 Å². The molecule has 2 N–H and O–H groups in total. The molecule has 0 radical (unpaired) electrons. The summed E-state index contributed by atoms with van der Waals surface area (Å²) in [6.07, 6.45) is 1.71. The predicted octanol–water partition coefficient (Wildman–Crippen LogP) is 5.78. The lowest BCUT2D eigenvalue weighted by Crippen LogP contribution is -2.30. The van der Waals surface area contributed by atoms with E-state index in [-0.39, 0.29) is 0 Å². The number of thioether (sulfide) groups is 1. The molecule has 0 amide bonds. The molecule has 0 unspecified atom stereocenters. The van der Waals surface area contributed by atoms with Gasteiger partial charge in [-0.1, -0.05) is 41.9 Å². The molecular formula is C19H20Cl2N2OS2. The third-order valence-corrected chi connectivity index (χ3v) is 5.28. The zero-order valence-corrected chi connectivity index (χ0v) is 17.3. The maximum atomic E-state index is 6.02. The Balaban J connectivity index is 1.64. The van der Waals surface area contributed by atoms with Crippen LogP contribution in [0.5, 0.6) is 5.75 Å². The predicted molar refractivity (Wildman–Crippen MR) is 119 cm³/mol. The van der Waals surface area contributed by atoms with Crippen LogP contribution in [0.3, 0.4) is 0 Å². The molecule has 7 heteroatoms. The molecule has 0 bridgehead atoms. The third kappa shape index (κ3) is 7.46. The Labute approximate surface area is 174 Å². The summed E-state index contributed by atoms with van der Waals surface area (Å²) in [6, 6.07) is 13.3. The Morgan fingerprint density at radius 3 is 2.62 bits per heavy atom. The number of anilines is 1. The van der Waals surface area contributed by atoms with Gasteiger partial charge in [0.1, 0.15) is 12.4 Å². The van der Waals surface area contributed by atoms with E-state index >= 15 is 0 Å². The van der Waals surface area contributed by atoms with Crippen LogP contribution >= 0.6 is 47.2 Å². The molecule has 0 aliphatic rings. The molecule has 0 fully saturated rings. The fraction of sp³-hybridized carbons (Fsp3) is 0.211. The fourth-order valence-electron chi connectivity index (χ4n) is 2.02. The van der Waals surface area contributed by atoms with E-state index in [1.54, 1.807) is 17.8 Å². The highest BCUT2D eigenvalue weighted by Gasteiger charge is 2.01. The second kappa shape index (κ2) is 11.3. The molecule has 0 saturated carbocycles. The van der Waals surface area contributed by atoms with E-state index in [1.165, 1.54) is 0 Å². The molecule has 0 aliphatic carbocycles. The molecule has 138 valence electrons. The first-order chi connectivity index (χ1) is 12.6. The maximum absolute atomic E-state index is 6.02. The Morgan fingerprint density at radius 1 is 1.15 bits per heavy atom. The Morgan fingerprint density at radius 2 is 1.92 bits per heavy atom. The van der Waals surface area contributed by atoms with Crippen molar-refractivity contribution in [2.24, 2.45) is 0 Å². The lowest BCUT2D eigenvalue weighted by molar-refractivity contribution is 0.363. The van der Waals surface area contributed by atoms with E-state index < -0.39 is 0 Å². The van der Waals surface area contributed by atoms with E-state index in [2.05, 4.69) is 17.2 Å². The number of hydrogen-bond acceptors (Lipinski definition) is 3. The molecule has 2 aromatic carbocycles. The second-order valence-electron chi connectivity index (χ2n) is 5.31. The first kappa shape index (κ1) is 20.9. The number of thiocarbonyl (C=S) groups is 1. The van der Waals surface area contributed by atoms with Crippen molar-refractivity contribution in [2.45, 2.75) is 5.75 Å². The topological polar surface area (TPSA) is 33.3 Å². The minimum atomic E-state index is 0.493. The van der Waals surface area contributed by atoms with Crippen LogP contribution in [0.15, 0.2) is 55.1 Å². The molecular weight excluding hydrogens is 407 g/mol. The van der Waals surface area contributed by atoms with E-state index in [1.807, 2.05) is 42.5 Å². The highest BCUT2D eigenvalue weighted by Crippen LogP contribution is 2.24. The molecule has 0 saturated heterocycles. The molecule has 0 spiro atoms. The summed E-state index contributed by atoms with van der Waals surface area (Å²) in [5.74, 6) is 2.61. The van der Waals surface area contributed by atoms with E-state index in [0.29, 0.717) is 21.8 Å². The number of halogens is 2. The van der Waals surface area contributed by atoms with E-state index in [9.17, 15) is 0 Å². The maximum Gasteiger partial charge on any atom is 0.170 e. The lowest BCUT2D eigenvalue weighted by Gasteiger charge is -2.11. The highest BCUT2D eigenvalue weighted by atomic mass is 35.5. The lowest BCUT2D eigenvalue weighted by atomic mass is 10.2. The van der Waals surface area contributed by atoms with Crippen molar-refractivity contribution >= 4 is 58.0 Å². The standard InChI is InChI=1S/C19H20Cl2N2OS2/c1-2-10-24-16-6-4-15(5-7-16)23-19(25)22-9-11-26-13-14-3-8-17(20)18(21)12-14/h2-8,12H,1,9-11,13H2,(H2,22,23,25). The van der Waals surface area contributed by atoms with Crippen molar-refractivity contribution in [1.29, 1.82) is 0 Å². The van der Waals surface area contributed by atoms with Gasteiger partial charge in [0.2, 0.25) is 0 Å². The number of benzene rings is 2. The van der Waals surface area contributed by atoms with Gasteiger partial charge in [0.25, 0.3) is 0 Å². The normalized spacial score (nSPS) is 10.2. The van der Waals surface area contributed by atoms with E-state index in [4.69, 9.17) is 40.2 Å². The van der Waals surface area contributed by atoms with Crippen molar-refractivity contribution in [3.63, 3.8) is 0 Å². The van der Waals surface area contributed by atoms with Crippen LogP contribution in [-0.2, 0) is 5.75 Å². The van der Waals surface area contributed by atoms with Gasteiger partial charge in [-0.25, -0.2) is 0 Å². The van der Waals surface area contributed by atoms with Gasteiger partial charge in [-0.05, 0) is 54.2 Å². The van der Waals surface area contributed by atoms with Crippen molar-refractivity contribution in [3.8, 4) is 5.75 Å². The zero-order chi connectivity index (χ0) is 18.8. The zero-order valence-electron chi connectivity index (χ0n) is 14.1. The summed E-state index contributed by atoms with van der Waals surface area (Å²) in [5, 5.41) is 8.12. The first-order valence-corrected chi connectivity index (χ1v) is 10.3. The van der Waals surface area contributed by atoms with Crippen LogP contribution in [0.25, 0.3) is 0 Å². The van der Waals surface area contributed by atoms with Gasteiger partial charge in [-0.3, -0.25) is 0 Å². The molecule has 3 nitrogen and oxygen atoms in total. The molecule has 26 heavy (non-hydrogen) atoms. The minimum Gasteiger partial charge on any atom is -0.490 e. The van der Waals surface area contributed by atoms with Crippen LogP contribution in [0.4, 0.5) is 5.69 Å². The third-order valence-electron chi connectivity index (χ3n) is 3.26. The number of ether oxygens (including phenoxy) is 1. The smallest absolute Gasteiger partial charge is 0.170 e. The summed E-state index contributed by atoms with van der Waals surface area (Å²) in [5.41, 5.74) is 2.07. The number of nitrogens with one attached hydrogen (secondary N) is 2. The Hall–Kier alpha value is -1.40. The van der Waals surface area contributed by atoms with Crippen LogP contribution < -0.4 is 15.4 Å². The average Bonchev–Trinajstić information content (AvgIpc) is 2.64. The molecule has 0 atom stereocenters. The number of hydrogen-bond donors (Lipinski definition) is 2. The van der Waals surface area contributed by atoms with Crippen molar-refractivity contribution in [2.75, 3.05) is 24.2 Å². The summed E-state index contributed by atoms with van der Waals surface area (Å²) in [6.45, 7) is 4.89. The first-order valence-electron chi connectivity index (χ1n) is 7.99. The van der Waals surface area contributed by atoms with Crippen molar-refractivity contribution < 1.29 is 4.74 Å². The number of rotatable bonds is 9. The van der Waals surface area contributed by atoms with Crippen LogP contribution in [0.2, 0.25) is 10.0 Å². The summed E-state index contributed by atoms with van der Waals surface area (Å²) in [4.78, 5) is 0. The van der Waals surface area contributed by atoms with Crippen LogP contribution in [0.1, 0.15) is 5.56 Å². The highest BCUT2D eigenvalue weighted by molar-refractivity contribution is 7.98. The largest absolute Gasteiger partial charge is 0.490 e. The van der Waals surface area contributed by atoms with Gasteiger partial charge in [-0.15, -0.1) is 0 Å². The monoisotopic (exact) mass is 426 g/mol. The second-order valence-corrected chi connectivity index (χ2v) is 7.63. The molecule has 0 heterocycles. The Kier molecular flexibility index (Phi) is 9.12. The van der Waals surface area contributed by atoms with Gasteiger partial charge in [-0.2, -0.15) is 11.8 Å². The van der Waals surface area contributed by atoms with Crippen LogP contribution in [-0.4, -0.2) is 24.0 Å².